The Balaban J connectivity index is 1.76. The van der Waals surface area contributed by atoms with Gasteiger partial charge in [0.2, 0.25) is 0 Å². The van der Waals surface area contributed by atoms with Crippen molar-refractivity contribution in [3.63, 3.8) is 0 Å². The van der Waals surface area contributed by atoms with Crippen LogP contribution in [0.1, 0.15) is 0 Å². The van der Waals surface area contributed by atoms with E-state index in [-0.39, 0.29) is 0 Å². The van der Waals surface area contributed by atoms with Crippen LogP contribution in [0.2, 0.25) is 0 Å². The number of H-pyrrole nitrogens is 1. The first-order valence-electron chi connectivity index (χ1n) is 8.79. The highest BCUT2D eigenvalue weighted by Gasteiger charge is 2.13. The second-order valence-electron chi connectivity index (χ2n) is 6.71. The van der Waals surface area contributed by atoms with Crippen LogP contribution in [0.3, 0.4) is 0 Å². The topological polar surface area (TPSA) is 15.8 Å². The minimum absolute atomic E-state index is 1.20. The van der Waals surface area contributed by atoms with E-state index >= 15 is 0 Å². The molecule has 0 unspecified atom stereocenters. The van der Waals surface area contributed by atoms with E-state index < -0.39 is 0 Å². The van der Waals surface area contributed by atoms with E-state index in [2.05, 4.69) is 89.9 Å². The standard InChI is InChI=1S/C24H15NS/c1-2-6-15(7-3-1)16-10-12-20-19(14-16)23-21(25-20)13-11-18-17-8-4-5-9-22(17)26-24(18)23/h1-14,25H. The quantitative estimate of drug-likeness (QED) is 0.319. The zero-order chi connectivity index (χ0) is 17.1. The molecule has 6 aromatic rings. The molecule has 2 heterocycles. The molecule has 2 heteroatoms. The summed E-state index contributed by atoms with van der Waals surface area (Å²) in [5, 5.41) is 5.35. The molecule has 0 aliphatic carbocycles. The third kappa shape index (κ3) is 1.91. The number of rotatable bonds is 1. The predicted octanol–water partition coefficient (Wildman–Crippen LogP) is 7.36. The lowest BCUT2D eigenvalue weighted by molar-refractivity contribution is 1.55. The fourth-order valence-electron chi connectivity index (χ4n) is 3.98. The second kappa shape index (κ2) is 5.20. The predicted molar refractivity (Wildman–Crippen MR) is 114 cm³/mol. The summed E-state index contributed by atoms with van der Waals surface area (Å²) < 4.78 is 2.73. The Labute approximate surface area is 154 Å². The summed E-state index contributed by atoms with van der Waals surface area (Å²) in [6, 6.07) is 30.5. The molecule has 0 aliphatic heterocycles. The molecule has 0 aliphatic rings. The van der Waals surface area contributed by atoms with Gasteiger partial charge in [0, 0.05) is 42.0 Å². The van der Waals surface area contributed by atoms with Crippen molar-refractivity contribution in [3.8, 4) is 11.1 Å². The fraction of sp³-hybridized carbons (Fsp3) is 0. The molecule has 6 rings (SSSR count). The Hall–Kier alpha value is -3.10. The van der Waals surface area contributed by atoms with E-state index in [1.165, 1.54) is 53.1 Å². The van der Waals surface area contributed by atoms with Crippen molar-refractivity contribution < 1.29 is 0 Å². The molecule has 26 heavy (non-hydrogen) atoms. The van der Waals surface area contributed by atoms with Gasteiger partial charge in [0.25, 0.3) is 0 Å². The molecule has 122 valence electrons. The number of hydrogen-bond acceptors (Lipinski definition) is 1. The van der Waals surface area contributed by atoms with Gasteiger partial charge in [0.15, 0.2) is 0 Å². The molecule has 4 aromatic carbocycles. The van der Waals surface area contributed by atoms with Crippen LogP contribution in [-0.4, -0.2) is 4.98 Å². The molecule has 0 atom stereocenters. The number of aromatic nitrogens is 1. The van der Waals surface area contributed by atoms with Gasteiger partial charge in [-0.3, -0.25) is 0 Å². The highest BCUT2D eigenvalue weighted by atomic mass is 32.1. The molecule has 2 aromatic heterocycles. The van der Waals surface area contributed by atoms with Gasteiger partial charge in [-0.15, -0.1) is 11.3 Å². The maximum absolute atomic E-state index is 3.60. The summed E-state index contributed by atoms with van der Waals surface area (Å²) in [6.45, 7) is 0. The van der Waals surface area contributed by atoms with Gasteiger partial charge >= 0.3 is 0 Å². The number of hydrogen-bond donors (Lipinski definition) is 1. The Morgan fingerprint density at radius 2 is 1.38 bits per heavy atom. The Bertz CT molecular complexity index is 1420. The van der Waals surface area contributed by atoms with E-state index in [9.17, 15) is 0 Å². The highest BCUT2D eigenvalue weighted by Crippen LogP contribution is 2.41. The summed E-state index contributed by atoms with van der Waals surface area (Å²) in [5.74, 6) is 0. The first-order chi connectivity index (χ1) is 12.9. The zero-order valence-electron chi connectivity index (χ0n) is 14.0. The van der Waals surface area contributed by atoms with E-state index in [0.29, 0.717) is 0 Å². The maximum atomic E-state index is 3.60. The number of thiophene rings is 1. The minimum Gasteiger partial charge on any atom is -0.354 e. The average Bonchev–Trinajstić information content (AvgIpc) is 3.26. The van der Waals surface area contributed by atoms with E-state index in [4.69, 9.17) is 0 Å². The van der Waals surface area contributed by atoms with Gasteiger partial charge in [-0.2, -0.15) is 0 Å². The largest absolute Gasteiger partial charge is 0.354 e. The molecule has 1 nitrogen and oxygen atoms in total. The van der Waals surface area contributed by atoms with Crippen LogP contribution in [0.4, 0.5) is 0 Å². The average molecular weight is 349 g/mol. The normalized spacial score (nSPS) is 11.8. The third-order valence-corrected chi connectivity index (χ3v) is 6.42. The van der Waals surface area contributed by atoms with Crippen molar-refractivity contribution in [1.29, 1.82) is 0 Å². The molecule has 0 bridgehead atoms. The first-order valence-corrected chi connectivity index (χ1v) is 9.61. The summed E-state index contributed by atoms with van der Waals surface area (Å²) >= 11 is 1.89. The summed E-state index contributed by atoms with van der Waals surface area (Å²) in [6.07, 6.45) is 0. The molecule has 1 N–H and O–H groups in total. The Kier molecular flexibility index (Phi) is 2.82. The zero-order valence-corrected chi connectivity index (χ0v) is 14.8. The second-order valence-corrected chi connectivity index (χ2v) is 7.77. The van der Waals surface area contributed by atoms with Gasteiger partial charge in [-0.25, -0.2) is 0 Å². The lowest BCUT2D eigenvalue weighted by Gasteiger charge is -2.02. The Morgan fingerprint density at radius 1 is 0.577 bits per heavy atom. The summed E-state index contributed by atoms with van der Waals surface area (Å²) in [7, 11) is 0. The van der Waals surface area contributed by atoms with E-state index in [1.54, 1.807) is 0 Å². The molecule has 0 saturated carbocycles. The van der Waals surface area contributed by atoms with Crippen LogP contribution in [-0.2, 0) is 0 Å². The maximum Gasteiger partial charge on any atom is 0.0479 e. The van der Waals surface area contributed by atoms with Crippen molar-refractivity contribution in [3.05, 3.63) is 84.9 Å². The Morgan fingerprint density at radius 3 is 2.31 bits per heavy atom. The summed E-state index contributed by atoms with van der Waals surface area (Å²) in [5.41, 5.74) is 4.93. The van der Waals surface area contributed by atoms with Crippen molar-refractivity contribution in [2.75, 3.05) is 0 Å². The minimum atomic E-state index is 1.20. The SMILES string of the molecule is c1ccc(-c2ccc3[nH]c4ccc5c6ccccc6sc5c4c3c2)cc1. The van der Waals surface area contributed by atoms with Gasteiger partial charge < -0.3 is 4.98 Å². The number of fused-ring (bicyclic) bond motifs is 7. The van der Waals surface area contributed by atoms with Crippen LogP contribution < -0.4 is 0 Å². The number of aromatic amines is 1. The smallest absolute Gasteiger partial charge is 0.0479 e. The van der Waals surface area contributed by atoms with Crippen molar-refractivity contribution in [2.45, 2.75) is 0 Å². The third-order valence-electron chi connectivity index (χ3n) is 5.21. The van der Waals surface area contributed by atoms with Crippen LogP contribution >= 0.6 is 11.3 Å². The molecule has 0 fully saturated rings. The van der Waals surface area contributed by atoms with Crippen LogP contribution in [0.15, 0.2) is 84.9 Å². The van der Waals surface area contributed by atoms with Gasteiger partial charge in [0.1, 0.15) is 0 Å². The van der Waals surface area contributed by atoms with Gasteiger partial charge in [-0.1, -0.05) is 60.7 Å². The molecule has 0 saturated heterocycles. The molecular formula is C24H15NS. The van der Waals surface area contributed by atoms with Crippen LogP contribution in [0.5, 0.6) is 0 Å². The number of benzene rings is 4. The molecule has 0 spiro atoms. The van der Waals surface area contributed by atoms with E-state index in [0.717, 1.165) is 0 Å². The van der Waals surface area contributed by atoms with Crippen LogP contribution in [0, 0.1) is 0 Å². The van der Waals surface area contributed by atoms with Crippen molar-refractivity contribution in [1.82, 2.24) is 4.98 Å². The number of nitrogens with one attached hydrogen (secondary N) is 1. The van der Waals surface area contributed by atoms with E-state index in [1.807, 2.05) is 11.3 Å². The molecule has 0 amide bonds. The van der Waals surface area contributed by atoms with Gasteiger partial charge in [0.05, 0.1) is 0 Å². The summed E-state index contributed by atoms with van der Waals surface area (Å²) in [4.78, 5) is 3.60. The van der Waals surface area contributed by atoms with Crippen LogP contribution in [0.25, 0.3) is 53.1 Å². The van der Waals surface area contributed by atoms with Gasteiger partial charge in [-0.05, 0) is 35.4 Å². The fourth-order valence-corrected chi connectivity index (χ4v) is 5.24. The van der Waals surface area contributed by atoms with Crippen molar-refractivity contribution in [2.24, 2.45) is 0 Å². The van der Waals surface area contributed by atoms with Crippen molar-refractivity contribution >= 4 is 53.3 Å². The lowest BCUT2D eigenvalue weighted by Crippen LogP contribution is -1.77. The lowest BCUT2D eigenvalue weighted by atomic mass is 10.0. The first kappa shape index (κ1) is 14.1. The monoisotopic (exact) mass is 349 g/mol. The molecule has 0 radical (unpaired) electrons. The highest BCUT2D eigenvalue weighted by molar-refractivity contribution is 7.26. The molecular weight excluding hydrogens is 334 g/mol.